The van der Waals surface area contributed by atoms with Crippen LogP contribution in [0.3, 0.4) is 0 Å². The maximum atomic E-state index is 16.1. The standard InChI is InChI=1S/C73H44B2F6N2Si/c1-43-35-52-54-36-44(72(76,77)78)38-63-70(54)75(58-32-18-20-34-62(58)82(63)46-21-7-2-8-22-46)60-41-56-65(84(48-25-11-4-12-26-48,49-27-13-5-14-28-49)50-29-15-6-16-30-50)42-53-55-37-45(73(79,80)81)39-64-71(55)74(59-40-51(43)68(66(52)60)69(56)67(53)59)57-31-17-19-33-61(57)83(64)47-23-9-3-10-24-47/h2-42H,1H3. The summed E-state index contributed by atoms with van der Waals surface area (Å²) in [6.07, 6.45) is -9.42. The number of hydrogen-bond donors (Lipinski definition) is 0. The van der Waals surface area contributed by atoms with Crippen molar-refractivity contribution in [3.63, 3.8) is 0 Å². The molecule has 84 heavy (non-hydrogen) atoms. The number of alkyl halides is 6. The minimum absolute atomic E-state index is 0.460. The van der Waals surface area contributed by atoms with Gasteiger partial charge in [0.25, 0.3) is 0 Å². The molecular formula is C73H44B2F6N2Si. The molecule has 17 rings (SSSR count). The number of rotatable bonds is 6. The van der Waals surface area contributed by atoms with Gasteiger partial charge < -0.3 is 9.80 Å². The van der Waals surface area contributed by atoms with Gasteiger partial charge in [0.15, 0.2) is 8.07 Å². The van der Waals surface area contributed by atoms with E-state index in [0.29, 0.717) is 33.6 Å². The maximum absolute atomic E-state index is 16.1. The number of hydrogen-bond acceptors (Lipinski definition) is 2. The van der Waals surface area contributed by atoms with Crippen LogP contribution in [-0.4, -0.2) is 21.5 Å². The topological polar surface area (TPSA) is 6.48 Å². The first-order valence-corrected chi connectivity index (χ1v) is 30.3. The van der Waals surface area contributed by atoms with Gasteiger partial charge in [-0.3, -0.25) is 0 Å². The summed E-state index contributed by atoms with van der Waals surface area (Å²) in [5.41, 5.74) is 11.2. The summed E-state index contributed by atoms with van der Waals surface area (Å²) in [5.74, 6) is 0. The van der Waals surface area contributed by atoms with E-state index in [-0.39, 0.29) is 0 Å². The molecule has 0 N–H and O–H groups in total. The molecule has 4 aliphatic heterocycles. The van der Waals surface area contributed by atoms with E-state index in [1.807, 2.05) is 125 Å². The van der Waals surface area contributed by atoms with Crippen molar-refractivity contribution in [2.45, 2.75) is 19.3 Å². The lowest BCUT2D eigenvalue weighted by Gasteiger charge is -2.43. The molecule has 0 saturated carbocycles. The lowest BCUT2D eigenvalue weighted by atomic mass is 9.31. The molecule has 4 aliphatic rings. The number of anilines is 6. The summed E-state index contributed by atoms with van der Waals surface area (Å²) >= 11 is 0. The van der Waals surface area contributed by atoms with Gasteiger partial charge in [-0.05, 0) is 170 Å². The van der Waals surface area contributed by atoms with Crippen LogP contribution in [-0.2, 0) is 12.4 Å². The predicted octanol–water partition coefficient (Wildman–Crippen LogP) is 12.9. The molecule has 398 valence electrons. The highest BCUT2D eigenvalue weighted by Gasteiger charge is 2.50. The maximum Gasteiger partial charge on any atom is 0.416 e. The van der Waals surface area contributed by atoms with Gasteiger partial charge >= 0.3 is 12.4 Å². The fourth-order valence-corrected chi connectivity index (χ4v) is 20.5. The zero-order chi connectivity index (χ0) is 56.5. The number of halogens is 6. The summed E-state index contributed by atoms with van der Waals surface area (Å²) in [4.78, 5) is 3.99. The van der Waals surface area contributed by atoms with Crippen LogP contribution < -0.4 is 63.3 Å². The summed E-state index contributed by atoms with van der Waals surface area (Å²) < 4.78 is 95.7. The average molecular weight is 1110 g/mol. The molecule has 0 unspecified atom stereocenters. The third-order valence-corrected chi connectivity index (χ3v) is 23.5. The zero-order valence-corrected chi connectivity index (χ0v) is 46.0. The third-order valence-electron chi connectivity index (χ3n) is 18.6. The van der Waals surface area contributed by atoms with Crippen molar-refractivity contribution in [1.82, 2.24) is 0 Å². The first-order chi connectivity index (χ1) is 40.9. The largest absolute Gasteiger partial charge is 0.416 e. The lowest BCUT2D eigenvalue weighted by molar-refractivity contribution is -0.138. The molecule has 4 heterocycles. The van der Waals surface area contributed by atoms with Gasteiger partial charge in [-0.1, -0.05) is 199 Å². The number of nitrogens with zero attached hydrogens (tertiary/aromatic N) is 2. The van der Waals surface area contributed by atoms with E-state index in [1.54, 1.807) is 0 Å². The van der Waals surface area contributed by atoms with E-state index in [4.69, 9.17) is 0 Å². The molecule has 0 radical (unpaired) electrons. The second-order valence-electron chi connectivity index (χ2n) is 22.8. The van der Waals surface area contributed by atoms with Crippen molar-refractivity contribution in [1.29, 1.82) is 0 Å². The molecule has 13 aromatic carbocycles. The van der Waals surface area contributed by atoms with Crippen molar-refractivity contribution in [3.05, 3.63) is 265 Å². The van der Waals surface area contributed by atoms with Gasteiger partial charge in [-0.25, -0.2) is 0 Å². The van der Waals surface area contributed by atoms with Crippen LogP contribution in [0.15, 0.2) is 249 Å². The van der Waals surface area contributed by atoms with Crippen molar-refractivity contribution in [2.24, 2.45) is 0 Å². The Labute approximate surface area is 482 Å². The Morgan fingerprint density at radius 3 is 1.13 bits per heavy atom. The highest BCUT2D eigenvalue weighted by atomic mass is 28.3. The van der Waals surface area contributed by atoms with Gasteiger partial charge in [0.2, 0.25) is 13.4 Å². The highest BCUT2D eigenvalue weighted by Crippen LogP contribution is 2.51. The molecule has 0 spiro atoms. The molecule has 2 nitrogen and oxygen atoms in total. The number of benzene rings is 13. The third kappa shape index (κ3) is 6.61. The Hall–Kier alpha value is -9.57. The number of para-hydroxylation sites is 4. The van der Waals surface area contributed by atoms with E-state index in [0.717, 1.165) is 114 Å². The molecule has 0 amide bonds. The van der Waals surface area contributed by atoms with E-state index in [1.165, 1.54) is 24.3 Å². The molecule has 13 aromatic rings. The molecule has 0 atom stereocenters. The van der Waals surface area contributed by atoms with Crippen molar-refractivity contribution in [2.75, 3.05) is 9.80 Å². The second kappa shape index (κ2) is 17.5. The molecule has 11 heteroatoms. The summed E-state index contributed by atoms with van der Waals surface area (Å²) in [7, 11) is -3.62. The van der Waals surface area contributed by atoms with E-state index in [2.05, 4.69) is 116 Å². The van der Waals surface area contributed by atoms with Crippen molar-refractivity contribution in [3.8, 4) is 22.3 Å². The van der Waals surface area contributed by atoms with Crippen LogP contribution in [0.1, 0.15) is 16.7 Å². The molecular weight excluding hydrogens is 1070 g/mol. The average Bonchev–Trinajstić information content (AvgIpc) is 0.679. The first kappa shape index (κ1) is 49.1. The molecule has 0 fully saturated rings. The molecule has 0 aromatic heterocycles. The van der Waals surface area contributed by atoms with Gasteiger partial charge in [0.1, 0.15) is 0 Å². The SMILES string of the molecule is Cc1cc2c3c(cc4c([Si](c5ccccc5)(c5ccccc5)c5ccccc5)cc5c6c(cc1c3c46)B1c3ccccc3N(c3ccccc3)c3cc(C(F)(F)F)cc-5c31)B1c3ccccc3N(c3ccccc3)c3cc(C(F)(F)F)cc-2c31. The fraction of sp³-hybridized carbons (Fsp3) is 0.0411. The Kier molecular flexibility index (Phi) is 10.2. The first-order valence-electron chi connectivity index (χ1n) is 28.3. The quantitative estimate of drug-likeness (QED) is 0.0709. The normalized spacial score (nSPS) is 13.8. The predicted molar refractivity (Wildman–Crippen MR) is 338 cm³/mol. The van der Waals surface area contributed by atoms with Crippen LogP contribution in [0.2, 0.25) is 0 Å². The summed E-state index contributed by atoms with van der Waals surface area (Å²) in [5, 5.41) is 9.69. The zero-order valence-electron chi connectivity index (χ0n) is 45.0. The van der Waals surface area contributed by atoms with Crippen LogP contribution in [0, 0.1) is 6.92 Å². The smallest absolute Gasteiger partial charge is 0.311 e. The van der Waals surface area contributed by atoms with Gasteiger partial charge in [-0.2, -0.15) is 26.3 Å². The van der Waals surface area contributed by atoms with Gasteiger partial charge in [-0.15, -0.1) is 0 Å². The molecule has 0 bridgehead atoms. The minimum Gasteiger partial charge on any atom is -0.311 e. The minimum atomic E-state index is -4.73. The van der Waals surface area contributed by atoms with Crippen LogP contribution >= 0.6 is 0 Å². The number of fused-ring (bicyclic) bond motifs is 8. The monoisotopic (exact) mass is 1110 g/mol. The van der Waals surface area contributed by atoms with E-state index in [9.17, 15) is 0 Å². The van der Waals surface area contributed by atoms with Crippen LogP contribution in [0.4, 0.5) is 60.5 Å². The van der Waals surface area contributed by atoms with Crippen LogP contribution in [0.5, 0.6) is 0 Å². The Bertz CT molecular complexity index is 4810. The van der Waals surface area contributed by atoms with Crippen LogP contribution in [0.25, 0.3) is 54.6 Å². The van der Waals surface area contributed by atoms with Gasteiger partial charge in [0, 0.05) is 34.1 Å². The molecule has 0 aliphatic carbocycles. The lowest BCUT2D eigenvalue weighted by Crippen LogP contribution is -2.75. The Morgan fingerprint density at radius 2 is 0.702 bits per heavy atom. The number of aryl methyl sites for hydroxylation is 1. The van der Waals surface area contributed by atoms with Gasteiger partial charge in [0.05, 0.1) is 11.1 Å². The fourth-order valence-electron chi connectivity index (χ4n) is 15.5. The Morgan fingerprint density at radius 1 is 0.333 bits per heavy atom. The van der Waals surface area contributed by atoms with Crippen molar-refractivity contribution < 1.29 is 26.3 Å². The summed E-state index contributed by atoms with van der Waals surface area (Å²) in [6.45, 7) is 1.04. The van der Waals surface area contributed by atoms with E-state index >= 15 is 26.3 Å². The molecule has 0 saturated heterocycles. The van der Waals surface area contributed by atoms with Crippen molar-refractivity contribution >= 4 is 141 Å². The summed E-state index contributed by atoms with van der Waals surface area (Å²) in [6, 6.07) is 81.7. The highest BCUT2D eigenvalue weighted by molar-refractivity contribution is 7.21. The Balaban J connectivity index is 1.12. The van der Waals surface area contributed by atoms with E-state index < -0.39 is 45.0 Å². The second-order valence-corrected chi connectivity index (χ2v) is 26.6.